The maximum Gasteiger partial charge on any atom is 0.335 e. The number of carboxylic acid groups (broad SMARTS) is 1. The van der Waals surface area contributed by atoms with Gasteiger partial charge in [-0.2, -0.15) is 0 Å². The molecule has 5 nitrogen and oxygen atoms in total. The van der Waals surface area contributed by atoms with Crippen molar-refractivity contribution in [1.82, 2.24) is 4.90 Å². The summed E-state index contributed by atoms with van der Waals surface area (Å²) < 4.78 is 5.32. The van der Waals surface area contributed by atoms with E-state index in [4.69, 9.17) is 9.84 Å². The van der Waals surface area contributed by atoms with Crippen molar-refractivity contribution in [3.05, 3.63) is 29.3 Å². The van der Waals surface area contributed by atoms with E-state index in [1.807, 2.05) is 13.0 Å². The van der Waals surface area contributed by atoms with Crippen LogP contribution >= 0.6 is 0 Å². The average Bonchev–Trinajstić information content (AvgIpc) is 2.46. The maximum atomic E-state index is 10.9. The van der Waals surface area contributed by atoms with E-state index in [1.165, 1.54) is 0 Å². The van der Waals surface area contributed by atoms with Crippen LogP contribution in [0.3, 0.4) is 0 Å². The Hall–Kier alpha value is -1.59. The maximum absolute atomic E-state index is 10.9. The third-order valence-electron chi connectivity index (χ3n) is 3.54. The van der Waals surface area contributed by atoms with E-state index in [0.717, 1.165) is 57.1 Å². The van der Waals surface area contributed by atoms with Crippen molar-refractivity contribution in [2.45, 2.75) is 13.3 Å². The molecule has 0 amide bonds. The lowest BCUT2D eigenvalue weighted by molar-refractivity contribution is 0.0378. The van der Waals surface area contributed by atoms with Gasteiger partial charge in [-0.05, 0) is 43.7 Å². The van der Waals surface area contributed by atoms with E-state index in [0.29, 0.717) is 5.56 Å². The number of hydrogen-bond acceptors (Lipinski definition) is 4. The third-order valence-corrected chi connectivity index (χ3v) is 3.54. The molecule has 1 aliphatic heterocycles. The second-order valence-corrected chi connectivity index (χ2v) is 5.07. The van der Waals surface area contributed by atoms with Crippen LogP contribution in [-0.2, 0) is 4.74 Å². The van der Waals surface area contributed by atoms with Crippen LogP contribution in [0.15, 0.2) is 18.2 Å². The highest BCUT2D eigenvalue weighted by molar-refractivity contribution is 5.88. The van der Waals surface area contributed by atoms with Crippen molar-refractivity contribution in [1.29, 1.82) is 0 Å². The SMILES string of the molecule is Cc1cc(C(=O)O)ccc1NCCCN1CCOCC1. The molecular formula is C15H22N2O3. The number of rotatable bonds is 6. The minimum atomic E-state index is -0.882. The van der Waals surface area contributed by atoms with Crippen molar-refractivity contribution in [2.24, 2.45) is 0 Å². The third kappa shape index (κ3) is 4.21. The van der Waals surface area contributed by atoms with Crippen LogP contribution in [0.25, 0.3) is 0 Å². The topological polar surface area (TPSA) is 61.8 Å². The Morgan fingerprint density at radius 2 is 2.15 bits per heavy atom. The Morgan fingerprint density at radius 1 is 1.40 bits per heavy atom. The van der Waals surface area contributed by atoms with Gasteiger partial charge in [0.2, 0.25) is 0 Å². The second kappa shape index (κ2) is 7.26. The molecule has 0 saturated carbocycles. The van der Waals surface area contributed by atoms with Crippen molar-refractivity contribution in [3.63, 3.8) is 0 Å². The molecule has 0 aromatic heterocycles. The fraction of sp³-hybridized carbons (Fsp3) is 0.533. The molecule has 0 bridgehead atoms. The molecule has 1 saturated heterocycles. The number of nitrogens with zero attached hydrogens (tertiary/aromatic N) is 1. The van der Waals surface area contributed by atoms with Gasteiger partial charge in [-0.15, -0.1) is 0 Å². The standard InChI is InChI=1S/C15H22N2O3/c1-12-11-13(15(18)19)3-4-14(12)16-5-2-6-17-7-9-20-10-8-17/h3-4,11,16H,2,5-10H2,1H3,(H,18,19). The van der Waals surface area contributed by atoms with Crippen LogP contribution in [-0.4, -0.2) is 55.4 Å². The van der Waals surface area contributed by atoms with E-state index in [9.17, 15) is 4.79 Å². The highest BCUT2D eigenvalue weighted by Gasteiger charge is 2.09. The van der Waals surface area contributed by atoms with Gasteiger partial charge in [0.25, 0.3) is 0 Å². The number of aromatic carboxylic acids is 1. The number of aryl methyl sites for hydroxylation is 1. The minimum absolute atomic E-state index is 0.335. The van der Waals surface area contributed by atoms with E-state index in [2.05, 4.69) is 10.2 Å². The van der Waals surface area contributed by atoms with Crippen LogP contribution in [0, 0.1) is 6.92 Å². The Morgan fingerprint density at radius 3 is 2.80 bits per heavy atom. The monoisotopic (exact) mass is 278 g/mol. The first-order chi connectivity index (χ1) is 9.66. The summed E-state index contributed by atoms with van der Waals surface area (Å²) in [7, 11) is 0. The number of carboxylic acids is 1. The highest BCUT2D eigenvalue weighted by Crippen LogP contribution is 2.16. The quantitative estimate of drug-likeness (QED) is 0.777. The Balaban J connectivity index is 1.74. The van der Waals surface area contributed by atoms with E-state index >= 15 is 0 Å². The second-order valence-electron chi connectivity index (χ2n) is 5.07. The lowest BCUT2D eigenvalue weighted by atomic mass is 10.1. The summed E-state index contributed by atoms with van der Waals surface area (Å²) in [6, 6.07) is 5.18. The van der Waals surface area contributed by atoms with Crippen molar-refractivity contribution in [3.8, 4) is 0 Å². The summed E-state index contributed by atoms with van der Waals surface area (Å²) in [6.07, 6.45) is 1.07. The molecule has 1 aliphatic rings. The molecule has 0 unspecified atom stereocenters. The number of nitrogens with one attached hydrogen (secondary N) is 1. The number of carbonyl (C=O) groups is 1. The zero-order valence-electron chi connectivity index (χ0n) is 11.9. The van der Waals surface area contributed by atoms with Crippen LogP contribution in [0.5, 0.6) is 0 Å². The minimum Gasteiger partial charge on any atom is -0.478 e. The van der Waals surface area contributed by atoms with Crippen LogP contribution in [0.4, 0.5) is 5.69 Å². The highest BCUT2D eigenvalue weighted by atomic mass is 16.5. The number of benzene rings is 1. The molecule has 0 aliphatic carbocycles. The van der Waals surface area contributed by atoms with Gasteiger partial charge in [-0.25, -0.2) is 4.79 Å². The number of hydrogen-bond donors (Lipinski definition) is 2. The predicted octanol–water partition coefficient (Wildman–Crippen LogP) is 1.83. The zero-order chi connectivity index (χ0) is 14.4. The van der Waals surface area contributed by atoms with Gasteiger partial charge in [0, 0.05) is 25.3 Å². The van der Waals surface area contributed by atoms with Gasteiger partial charge in [0.05, 0.1) is 18.8 Å². The number of morpholine rings is 1. The van der Waals surface area contributed by atoms with Crippen LogP contribution in [0.2, 0.25) is 0 Å². The summed E-state index contributed by atoms with van der Waals surface area (Å²) in [5.41, 5.74) is 2.31. The van der Waals surface area contributed by atoms with Gasteiger partial charge < -0.3 is 15.2 Å². The van der Waals surface area contributed by atoms with E-state index < -0.39 is 5.97 Å². The summed E-state index contributed by atoms with van der Waals surface area (Å²) in [6.45, 7) is 7.61. The van der Waals surface area contributed by atoms with Gasteiger partial charge in [-0.3, -0.25) is 4.90 Å². The molecule has 1 aromatic rings. The van der Waals surface area contributed by atoms with Gasteiger partial charge in [-0.1, -0.05) is 0 Å². The van der Waals surface area contributed by atoms with E-state index in [-0.39, 0.29) is 0 Å². The van der Waals surface area contributed by atoms with Gasteiger partial charge in [0.1, 0.15) is 0 Å². The first-order valence-electron chi connectivity index (χ1n) is 7.05. The fourth-order valence-electron chi connectivity index (χ4n) is 2.35. The van der Waals surface area contributed by atoms with Crippen molar-refractivity contribution in [2.75, 3.05) is 44.7 Å². The molecule has 2 N–H and O–H groups in total. The largest absolute Gasteiger partial charge is 0.478 e. The summed E-state index contributed by atoms with van der Waals surface area (Å²) in [5.74, 6) is -0.882. The molecule has 0 radical (unpaired) electrons. The fourth-order valence-corrected chi connectivity index (χ4v) is 2.35. The molecule has 0 spiro atoms. The molecule has 1 fully saturated rings. The Labute approximate surface area is 119 Å². The molecule has 1 aromatic carbocycles. The zero-order valence-corrected chi connectivity index (χ0v) is 11.9. The lowest BCUT2D eigenvalue weighted by Gasteiger charge is -2.26. The lowest BCUT2D eigenvalue weighted by Crippen LogP contribution is -2.37. The van der Waals surface area contributed by atoms with Gasteiger partial charge in [0.15, 0.2) is 0 Å². The summed E-state index contributed by atoms with van der Waals surface area (Å²) >= 11 is 0. The summed E-state index contributed by atoms with van der Waals surface area (Å²) in [5, 5.41) is 12.3. The normalized spacial score (nSPS) is 16.1. The Kier molecular flexibility index (Phi) is 5.38. The molecule has 0 atom stereocenters. The molecule has 5 heteroatoms. The predicted molar refractivity (Wildman–Crippen MR) is 78.5 cm³/mol. The molecular weight excluding hydrogens is 256 g/mol. The van der Waals surface area contributed by atoms with E-state index in [1.54, 1.807) is 12.1 Å². The van der Waals surface area contributed by atoms with Gasteiger partial charge >= 0.3 is 5.97 Å². The first kappa shape index (κ1) is 14.8. The Bertz CT molecular complexity index is 456. The van der Waals surface area contributed by atoms with Crippen LogP contribution in [0.1, 0.15) is 22.3 Å². The van der Waals surface area contributed by atoms with Crippen molar-refractivity contribution >= 4 is 11.7 Å². The van der Waals surface area contributed by atoms with Crippen molar-refractivity contribution < 1.29 is 14.6 Å². The summed E-state index contributed by atoms with van der Waals surface area (Å²) in [4.78, 5) is 13.3. The smallest absolute Gasteiger partial charge is 0.335 e. The number of anilines is 1. The first-order valence-corrected chi connectivity index (χ1v) is 7.05. The number of ether oxygens (including phenoxy) is 1. The van der Waals surface area contributed by atoms with Crippen LogP contribution < -0.4 is 5.32 Å². The molecule has 2 rings (SSSR count). The molecule has 20 heavy (non-hydrogen) atoms. The molecule has 1 heterocycles. The average molecular weight is 278 g/mol. The molecule has 110 valence electrons.